The summed E-state index contributed by atoms with van der Waals surface area (Å²) in [6, 6.07) is 0. The van der Waals surface area contributed by atoms with Crippen LogP contribution in [0.4, 0.5) is 5.82 Å². The second-order valence-corrected chi connectivity index (χ2v) is 3.81. The van der Waals surface area contributed by atoms with E-state index in [0.29, 0.717) is 31.3 Å². The minimum Gasteiger partial charge on any atom is -0.477 e. The number of rotatable bonds is 7. The van der Waals surface area contributed by atoms with E-state index in [9.17, 15) is 4.79 Å². The molecular weight excluding hydrogens is 234 g/mol. The highest BCUT2D eigenvalue weighted by atomic mass is 16.5. The molecule has 0 aromatic carbocycles. The van der Waals surface area contributed by atoms with Crippen molar-refractivity contribution in [2.24, 2.45) is 0 Å². The number of aromatic nitrogens is 2. The molecule has 1 aromatic heterocycles. The van der Waals surface area contributed by atoms with E-state index in [4.69, 9.17) is 4.74 Å². The van der Waals surface area contributed by atoms with Crippen LogP contribution >= 0.6 is 0 Å². The van der Waals surface area contributed by atoms with Crippen molar-refractivity contribution in [2.75, 3.05) is 32.2 Å². The molecule has 0 bridgehead atoms. The van der Waals surface area contributed by atoms with Gasteiger partial charge in [0.1, 0.15) is 0 Å². The summed E-state index contributed by atoms with van der Waals surface area (Å²) in [4.78, 5) is 21.2. The Kier molecular flexibility index (Phi) is 5.90. The Labute approximate surface area is 107 Å². The summed E-state index contributed by atoms with van der Waals surface area (Å²) in [6.07, 6.45) is 4.45. The number of carbonyl (C=O) groups excluding carboxylic acids is 1. The third-order valence-corrected chi connectivity index (χ3v) is 2.32. The van der Waals surface area contributed by atoms with Crippen molar-refractivity contribution in [1.29, 1.82) is 0 Å². The van der Waals surface area contributed by atoms with Crippen LogP contribution in [-0.4, -0.2) is 43.2 Å². The molecule has 1 aromatic rings. The summed E-state index contributed by atoms with van der Waals surface area (Å²) < 4.78 is 9.99. The van der Waals surface area contributed by atoms with Gasteiger partial charge in [-0.15, -0.1) is 0 Å². The predicted molar refractivity (Wildman–Crippen MR) is 67.7 cm³/mol. The van der Waals surface area contributed by atoms with Gasteiger partial charge in [0, 0.05) is 13.6 Å². The van der Waals surface area contributed by atoms with Crippen LogP contribution in [0.2, 0.25) is 0 Å². The number of nitrogens with zero attached hydrogens (tertiary/aromatic N) is 3. The number of hydrogen-bond donors (Lipinski definition) is 0. The largest absolute Gasteiger partial charge is 0.477 e. The highest BCUT2D eigenvalue weighted by Gasteiger charge is 2.08. The average Bonchev–Trinajstić information content (AvgIpc) is 2.42. The Balaban J connectivity index is 2.56. The quantitative estimate of drug-likeness (QED) is 0.682. The van der Waals surface area contributed by atoms with Crippen LogP contribution in [-0.2, 0) is 9.53 Å². The SMILES string of the molecule is CCCOc1cncc(N(C)CCC(=O)OC)n1. The van der Waals surface area contributed by atoms with Crippen molar-refractivity contribution < 1.29 is 14.3 Å². The van der Waals surface area contributed by atoms with E-state index in [-0.39, 0.29) is 5.97 Å². The second-order valence-electron chi connectivity index (χ2n) is 3.81. The molecule has 1 heterocycles. The topological polar surface area (TPSA) is 64.5 Å². The zero-order valence-electron chi connectivity index (χ0n) is 11.0. The molecule has 0 N–H and O–H groups in total. The van der Waals surface area contributed by atoms with Crippen molar-refractivity contribution in [1.82, 2.24) is 9.97 Å². The van der Waals surface area contributed by atoms with Crippen molar-refractivity contribution in [2.45, 2.75) is 19.8 Å². The minimum atomic E-state index is -0.242. The lowest BCUT2D eigenvalue weighted by molar-refractivity contribution is -0.140. The number of esters is 1. The average molecular weight is 253 g/mol. The standard InChI is InChI=1S/C12H19N3O3/c1-4-7-18-11-9-13-8-10(14-11)15(2)6-5-12(16)17-3/h8-9H,4-7H2,1-3H3. The molecule has 0 aliphatic heterocycles. The van der Waals surface area contributed by atoms with Gasteiger partial charge < -0.3 is 14.4 Å². The molecule has 18 heavy (non-hydrogen) atoms. The molecular formula is C12H19N3O3. The Bertz CT molecular complexity index is 385. The first-order valence-corrected chi connectivity index (χ1v) is 5.90. The van der Waals surface area contributed by atoms with Gasteiger partial charge in [-0.3, -0.25) is 9.78 Å². The van der Waals surface area contributed by atoms with Crippen molar-refractivity contribution in [3.8, 4) is 5.88 Å². The van der Waals surface area contributed by atoms with E-state index < -0.39 is 0 Å². The fraction of sp³-hybridized carbons (Fsp3) is 0.583. The van der Waals surface area contributed by atoms with E-state index >= 15 is 0 Å². The molecule has 0 aliphatic rings. The van der Waals surface area contributed by atoms with Crippen LogP contribution in [0.3, 0.4) is 0 Å². The number of carbonyl (C=O) groups is 1. The number of methoxy groups -OCH3 is 1. The molecule has 0 atom stereocenters. The highest BCUT2D eigenvalue weighted by molar-refractivity contribution is 5.69. The minimum absolute atomic E-state index is 0.242. The molecule has 6 nitrogen and oxygen atoms in total. The van der Waals surface area contributed by atoms with Gasteiger partial charge >= 0.3 is 5.97 Å². The van der Waals surface area contributed by atoms with Gasteiger partial charge in [-0.2, -0.15) is 4.98 Å². The van der Waals surface area contributed by atoms with Crippen LogP contribution in [0.5, 0.6) is 5.88 Å². The van der Waals surface area contributed by atoms with Gasteiger partial charge in [0.25, 0.3) is 0 Å². The molecule has 0 saturated heterocycles. The monoisotopic (exact) mass is 253 g/mol. The van der Waals surface area contributed by atoms with Crippen LogP contribution in [0, 0.1) is 0 Å². The van der Waals surface area contributed by atoms with Crippen molar-refractivity contribution >= 4 is 11.8 Å². The number of hydrogen-bond acceptors (Lipinski definition) is 6. The summed E-state index contributed by atoms with van der Waals surface area (Å²) in [6.45, 7) is 3.17. The molecule has 0 saturated carbocycles. The first kappa shape index (κ1) is 14.2. The van der Waals surface area contributed by atoms with E-state index in [1.807, 2.05) is 18.9 Å². The Morgan fingerprint density at radius 3 is 2.89 bits per heavy atom. The molecule has 0 amide bonds. The molecule has 0 unspecified atom stereocenters. The summed E-state index contributed by atoms with van der Waals surface area (Å²) in [7, 11) is 3.22. The van der Waals surface area contributed by atoms with E-state index in [0.717, 1.165) is 6.42 Å². The normalized spacial score (nSPS) is 9.94. The second kappa shape index (κ2) is 7.47. The maximum Gasteiger partial charge on any atom is 0.307 e. The van der Waals surface area contributed by atoms with Gasteiger partial charge in [0.15, 0.2) is 5.82 Å². The van der Waals surface area contributed by atoms with Gasteiger partial charge in [0.2, 0.25) is 5.88 Å². The lowest BCUT2D eigenvalue weighted by Crippen LogP contribution is -2.22. The predicted octanol–water partition coefficient (Wildman–Crippen LogP) is 1.26. The van der Waals surface area contributed by atoms with Gasteiger partial charge in [0.05, 0.1) is 32.5 Å². The highest BCUT2D eigenvalue weighted by Crippen LogP contribution is 2.13. The molecule has 6 heteroatoms. The van der Waals surface area contributed by atoms with Crippen LogP contribution in [0.15, 0.2) is 12.4 Å². The lowest BCUT2D eigenvalue weighted by Gasteiger charge is -2.17. The zero-order chi connectivity index (χ0) is 13.4. The smallest absolute Gasteiger partial charge is 0.307 e. The Morgan fingerprint density at radius 1 is 1.44 bits per heavy atom. The van der Waals surface area contributed by atoms with Gasteiger partial charge in [-0.05, 0) is 6.42 Å². The van der Waals surface area contributed by atoms with Crippen molar-refractivity contribution in [3.05, 3.63) is 12.4 Å². The first-order chi connectivity index (χ1) is 8.67. The molecule has 0 radical (unpaired) electrons. The number of ether oxygens (including phenoxy) is 2. The Hall–Kier alpha value is -1.85. The fourth-order valence-electron chi connectivity index (χ4n) is 1.27. The van der Waals surface area contributed by atoms with Crippen molar-refractivity contribution in [3.63, 3.8) is 0 Å². The van der Waals surface area contributed by atoms with E-state index in [2.05, 4.69) is 14.7 Å². The third-order valence-electron chi connectivity index (χ3n) is 2.32. The van der Waals surface area contributed by atoms with Crippen LogP contribution in [0.1, 0.15) is 19.8 Å². The van der Waals surface area contributed by atoms with Crippen LogP contribution < -0.4 is 9.64 Å². The Morgan fingerprint density at radius 2 is 2.22 bits per heavy atom. The van der Waals surface area contributed by atoms with Gasteiger partial charge in [-0.25, -0.2) is 0 Å². The maximum atomic E-state index is 11.0. The number of anilines is 1. The molecule has 1 rings (SSSR count). The molecule has 0 aliphatic carbocycles. The first-order valence-electron chi connectivity index (χ1n) is 5.90. The van der Waals surface area contributed by atoms with Gasteiger partial charge in [-0.1, -0.05) is 6.92 Å². The summed E-state index contributed by atoms with van der Waals surface area (Å²) in [5.41, 5.74) is 0. The van der Waals surface area contributed by atoms with E-state index in [1.165, 1.54) is 7.11 Å². The lowest BCUT2D eigenvalue weighted by atomic mass is 10.4. The third kappa shape index (κ3) is 4.57. The zero-order valence-corrected chi connectivity index (χ0v) is 11.0. The maximum absolute atomic E-state index is 11.0. The van der Waals surface area contributed by atoms with Crippen LogP contribution in [0.25, 0.3) is 0 Å². The fourth-order valence-corrected chi connectivity index (χ4v) is 1.27. The van der Waals surface area contributed by atoms with E-state index in [1.54, 1.807) is 12.4 Å². The summed E-state index contributed by atoms with van der Waals surface area (Å²) in [5.74, 6) is 0.931. The summed E-state index contributed by atoms with van der Waals surface area (Å²) in [5, 5.41) is 0. The molecule has 100 valence electrons. The molecule has 0 fully saturated rings. The molecule has 0 spiro atoms. The summed E-state index contributed by atoms with van der Waals surface area (Å²) >= 11 is 0.